The third kappa shape index (κ3) is 3.66. The summed E-state index contributed by atoms with van der Waals surface area (Å²) in [7, 11) is 2.84. The van der Waals surface area contributed by atoms with Crippen LogP contribution in [0.25, 0.3) is 0 Å². The van der Waals surface area contributed by atoms with Gasteiger partial charge in [0.05, 0.1) is 26.0 Å². The van der Waals surface area contributed by atoms with Gasteiger partial charge in [-0.15, -0.1) is 0 Å². The van der Waals surface area contributed by atoms with E-state index in [-0.39, 0.29) is 23.2 Å². The molecule has 0 aromatic heterocycles. The molecular formula is C25H20BrFN2O5. The Labute approximate surface area is 203 Å². The van der Waals surface area contributed by atoms with Crippen LogP contribution in [0.3, 0.4) is 0 Å². The van der Waals surface area contributed by atoms with Crippen LogP contribution in [-0.4, -0.2) is 36.0 Å². The summed E-state index contributed by atoms with van der Waals surface area (Å²) >= 11 is 3.52. The molecule has 0 bridgehead atoms. The van der Waals surface area contributed by atoms with Gasteiger partial charge in [-0.3, -0.25) is 0 Å². The van der Waals surface area contributed by atoms with Gasteiger partial charge in [-0.1, -0.05) is 28.1 Å². The molecule has 2 heterocycles. The van der Waals surface area contributed by atoms with Crippen LogP contribution in [0.1, 0.15) is 45.7 Å². The van der Waals surface area contributed by atoms with E-state index in [1.54, 1.807) is 29.3 Å². The van der Waals surface area contributed by atoms with E-state index in [0.717, 1.165) is 21.3 Å². The standard InChI is InChI=1S/C25H20BrFN2O5/c1-32-21-10-8-16(22(25(30)31)23(21)33-2)24-29-19(17-11-14(26)5-9-20(17)34-24)12-18(28-29)13-3-6-15(27)7-4-13/h3-11,19,24H,12H2,1-2H3,(H,30,31)/t19-,24-/m0/s1. The summed E-state index contributed by atoms with van der Waals surface area (Å²) < 4.78 is 31.4. The van der Waals surface area contributed by atoms with Crippen LogP contribution < -0.4 is 14.2 Å². The topological polar surface area (TPSA) is 80.6 Å². The summed E-state index contributed by atoms with van der Waals surface area (Å²) in [5.41, 5.74) is 2.79. The van der Waals surface area contributed by atoms with Crippen molar-refractivity contribution in [3.8, 4) is 17.2 Å². The monoisotopic (exact) mass is 526 g/mol. The van der Waals surface area contributed by atoms with E-state index in [1.165, 1.54) is 26.4 Å². The Morgan fingerprint density at radius 1 is 1.12 bits per heavy atom. The van der Waals surface area contributed by atoms with E-state index in [4.69, 9.17) is 19.3 Å². The van der Waals surface area contributed by atoms with Crippen molar-refractivity contribution in [2.75, 3.05) is 14.2 Å². The number of nitrogens with zero attached hydrogens (tertiary/aromatic N) is 2. The van der Waals surface area contributed by atoms with Crippen molar-refractivity contribution in [1.29, 1.82) is 0 Å². The van der Waals surface area contributed by atoms with Crippen LogP contribution in [0.4, 0.5) is 4.39 Å². The number of fused-ring (bicyclic) bond motifs is 3. The average molecular weight is 527 g/mol. The van der Waals surface area contributed by atoms with E-state index in [1.807, 2.05) is 18.2 Å². The summed E-state index contributed by atoms with van der Waals surface area (Å²) in [6.07, 6.45) is -0.285. The Morgan fingerprint density at radius 2 is 1.88 bits per heavy atom. The quantitative estimate of drug-likeness (QED) is 0.469. The number of benzene rings is 3. The predicted octanol–water partition coefficient (Wildman–Crippen LogP) is 5.55. The maximum Gasteiger partial charge on any atom is 0.340 e. The van der Waals surface area contributed by atoms with Gasteiger partial charge in [-0.25, -0.2) is 14.2 Å². The van der Waals surface area contributed by atoms with Gasteiger partial charge in [0.1, 0.15) is 17.1 Å². The summed E-state index contributed by atoms with van der Waals surface area (Å²) in [5.74, 6) is -0.453. The molecule has 174 valence electrons. The largest absolute Gasteiger partial charge is 0.493 e. The Kier molecular flexibility index (Phi) is 5.65. The molecule has 34 heavy (non-hydrogen) atoms. The SMILES string of the molecule is COc1ccc([C@@H]2Oc3ccc(Br)cc3[C@@H]3CC(c4ccc(F)cc4)=NN32)c(C(=O)O)c1OC. The van der Waals surface area contributed by atoms with Crippen molar-refractivity contribution in [3.63, 3.8) is 0 Å². The second kappa shape index (κ2) is 8.64. The number of hydrogen-bond acceptors (Lipinski definition) is 6. The molecule has 0 aliphatic carbocycles. The van der Waals surface area contributed by atoms with E-state index >= 15 is 0 Å². The number of hydrogen-bond donors (Lipinski definition) is 1. The Balaban J connectivity index is 1.67. The number of methoxy groups -OCH3 is 2. The molecule has 2 aliphatic rings. The molecule has 0 saturated carbocycles. The van der Waals surface area contributed by atoms with Crippen molar-refractivity contribution in [3.05, 3.63) is 87.1 Å². The predicted molar refractivity (Wildman–Crippen MR) is 126 cm³/mol. The number of carbonyl (C=O) groups is 1. The summed E-state index contributed by atoms with van der Waals surface area (Å²) in [5, 5.41) is 16.7. The van der Waals surface area contributed by atoms with Gasteiger partial charge in [0.2, 0.25) is 6.23 Å². The lowest BCUT2D eigenvalue weighted by Crippen LogP contribution is -2.34. The molecule has 0 amide bonds. The lowest BCUT2D eigenvalue weighted by atomic mass is 9.95. The zero-order chi connectivity index (χ0) is 24.0. The van der Waals surface area contributed by atoms with Gasteiger partial charge in [-0.2, -0.15) is 5.10 Å². The average Bonchev–Trinajstić information content (AvgIpc) is 3.29. The molecule has 2 aliphatic heterocycles. The van der Waals surface area contributed by atoms with E-state index in [2.05, 4.69) is 15.9 Å². The van der Waals surface area contributed by atoms with Crippen molar-refractivity contribution < 1.29 is 28.5 Å². The highest BCUT2D eigenvalue weighted by Crippen LogP contribution is 2.50. The molecular weight excluding hydrogens is 507 g/mol. The fourth-order valence-electron chi connectivity index (χ4n) is 4.45. The second-order valence-electron chi connectivity index (χ2n) is 7.88. The molecule has 0 unspecified atom stereocenters. The molecule has 3 aromatic rings. The smallest absolute Gasteiger partial charge is 0.340 e. The first-order chi connectivity index (χ1) is 16.4. The van der Waals surface area contributed by atoms with Crippen molar-refractivity contribution >= 4 is 27.6 Å². The fourth-order valence-corrected chi connectivity index (χ4v) is 4.83. The highest BCUT2D eigenvalue weighted by molar-refractivity contribution is 9.10. The summed E-state index contributed by atoms with van der Waals surface area (Å²) in [4.78, 5) is 12.3. The van der Waals surface area contributed by atoms with Gasteiger partial charge in [0, 0.05) is 22.0 Å². The number of hydrazone groups is 1. The first kappa shape index (κ1) is 22.2. The summed E-state index contributed by atoms with van der Waals surface area (Å²) in [6.45, 7) is 0. The number of carboxylic acids is 1. The third-order valence-corrected chi connectivity index (χ3v) is 6.48. The van der Waals surface area contributed by atoms with Gasteiger partial charge in [0.15, 0.2) is 11.5 Å². The van der Waals surface area contributed by atoms with E-state index < -0.39 is 12.2 Å². The molecule has 9 heteroatoms. The van der Waals surface area contributed by atoms with Crippen LogP contribution in [0.2, 0.25) is 0 Å². The van der Waals surface area contributed by atoms with Crippen LogP contribution in [0, 0.1) is 5.82 Å². The Hall–Kier alpha value is -3.59. The molecule has 2 atom stereocenters. The molecule has 5 rings (SSSR count). The summed E-state index contributed by atoms with van der Waals surface area (Å²) in [6, 6.07) is 14.9. The van der Waals surface area contributed by atoms with Crippen LogP contribution in [-0.2, 0) is 0 Å². The number of aromatic carboxylic acids is 1. The van der Waals surface area contributed by atoms with Crippen LogP contribution in [0.5, 0.6) is 17.2 Å². The molecule has 0 radical (unpaired) electrons. The number of halogens is 2. The Morgan fingerprint density at radius 3 is 2.56 bits per heavy atom. The maximum atomic E-state index is 13.5. The zero-order valence-electron chi connectivity index (χ0n) is 18.3. The normalized spacial score (nSPS) is 18.5. The molecule has 0 spiro atoms. The minimum Gasteiger partial charge on any atom is -0.493 e. The lowest BCUT2D eigenvalue weighted by molar-refractivity contribution is -0.0199. The number of rotatable bonds is 5. The fraction of sp³-hybridized carbons (Fsp3) is 0.200. The first-order valence-corrected chi connectivity index (χ1v) is 11.3. The molecule has 0 fully saturated rings. The minimum atomic E-state index is -1.17. The van der Waals surface area contributed by atoms with Crippen molar-refractivity contribution in [1.82, 2.24) is 5.01 Å². The number of carboxylic acid groups (broad SMARTS) is 1. The zero-order valence-corrected chi connectivity index (χ0v) is 19.9. The maximum absolute atomic E-state index is 13.5. The molecule has 0 saturated heterocycles. The number of ether oxygens (including phenoxy) is 3. The second-order valence-corrected chi connectivity index (χ2v) is 8.79. The van der Waals surface area contributed by atoms with Crippen LogP contribution >= 0.6 is 15.9 Å². The van der Waals surface area contributed by atoms with Gasteiger partial charge < -0.3 is 19.3 Å². The highest BCUT2D eigenvalue weighted by Gasteiger charge is 2.43. The lowest BCUT2D eigenvalue weighted by Gasteiger charge is -2.38. The minimum absolute atomic E-state index is 0.0587. The molecule has 3 aromatic carbocycles. The van der Waals surface area contributed by atoms with Gasteiger partial charge in [0.25, 0.3) is 0 Å². The first-order valence-electron chi connectivity index (χ1n) is 10.5. The Bertz CT molecular complexity index is 1310. The van der Waals surface area contributed by atoms with Crippen molar-refractivity contribution in [2.45, 2.75) is 18.7 Å². The molecule has 7 nitrogen and oxygen atoms in total. The third-order valence-electron chi connectivity index (χ3n) is 5.99. The van der Waals surface area contributed by atoms with Crippen LogP contribution in [0.15, 0.2) is 64.2 Å². The molecule has 1 N–H and O–H groups in total. The van der Waals surface area contributed by atoms with Gasteiger partial charge >= 0.3 is 5.97 Å². The van der Waals surface area contributed by atoms with E-state index in [0.29, 0.717) is 23.5 Å². The van der Waals surface area contributed by atoms with Gasteiger partial charge in [-0.05, 0) is 48.0 Å². The highest BCUT2D eigenvalue weighted by atomic mass is 79.9. The van der Waals surface area contributed by atoms with E-state index in [9.17, 15) is 14.3 Å². The van der Waals surface area contributed by atoms with Crippen molar-refractivity contribution in [2.24, 2.45) is 5.10 Å².